The van der Waals surface area contributed by atoms with Crippen molar-refractivity contribution in [2.24, 2.45) is 0 Å². The number of rotatable bonds is 10. The van der Waals surface area contributed by atoms with Gasteiger partial charge in [0.05, 0.1) is 0 Å². The maximum atomic E-state index is 11.1. The zero-order valence-electron chi connectivity index (χ0n) is 18.5. The van der Waals surface area contributed by atoms with Gasteiger partial charge in [0.25, 0.3) is 5.89 Å². The predicted octanol–water partition coefficient (Wildman–Crippen LogP) is 2.08. The fourth-order valence-electron chi connectivity index (χ4n) is 3.23. The van der Waals surface area contributed by atoms with E-state index in [0.717, 1.165) is 34.4 Å². The summed E-state index contributed by atoms with van der Waals surface area (Å²) in [4.78, 5) is 19.9. The lowest BCUT2D eigenvalue weighted by atomic mass is 10.0. The van der Waals surface area contributed by atoms with E-state index in [-0.39, 0.29) is 13.2 Å². The maximum Gasteiger partial charge on any atom is 0.258 e. The SMILES string of the molecule is CCc1cc(-c2nc(-c3cc(C)c(OCC(O)CNC(=O)CO)c(CC)c3)no2)ccn1. The summed E-state index contributed by atoms with van der Waals surface area (Å²) < 4.78 is 11.3. The first-order chi connectivity index (χ1) is 15.4. The third-order valence-electron chi connectivity index (χ3n) is 4.94. The fraction of sp³-hybridized carbons (Fsp3) is 0.391. The van der Waals surface area contributed by atoms with E-state index in [2.05, 4.69) is 20.4 Å². The summed E-state index contributed by atoms with van der Waals surface area (Å²) in [5.74, 6) is 1.04. The number of nitrogens with zero attached hydrogens (tertiary/aromatic N) is 3. The van der Waals surface area contributed by atoms with Crippen LogP contribution in [0.25, 0.3) is 22.8 Å². The summed E-state index contributed by atoms with van der Waals surface area (Å²) in [6.45, 7) is 5.34. The molecular weight excluding hydrogens is 412 g/mol. The summed E-state index contributed by atoms with van der Waals surface area (Å²) in [6.07, 6.45) is 2.35. The number of hydrogen-bond donors (Lipinski definition) is 3. The van der Waals surface area contributed by atoms with Gasteiger partial charge in [-0.25, -0.2) is 0 Å². The van der Waals surface area contributed by atoms with Gasteiger partial charge in [-0.3, -0.25) is 9.78 Å². The Morgan fingerprint density at radius 3 is 2.75 bits per heavy atom. The standard InChI is InChI=1S/C23H28N4O5/c1-4-15-9-17(8-14(3)21(15)31-13-19(29)11-25-20(30)12-28)22-26-23(32-27-22)16-6-7-24-18(5-2)10-16/h6-10,19,28-29H,4-5,11-13H2,1-3H3,(H,25,30). The van der Waals surface area contributed by atoms with Crippen molar-refractivity contribution in [1.82, 2.24) is 20.4 Å². The molecule has 1 atom stereocenters. The zero-order valence-corrected chi connectivity index (χ0v) is 18.5. The number of amides is 1. The third kappa shape index (κ3) is 5.68. The van der Waals surface area contributed by atoms with Crippen LogP contribution < -0.4 is 10.1 Å². The fourth-order valence-corrected chi connectivity index (χ4v) is 3.23. The van der Waals surface area contributed by atoms with E-state index in [9.17, 15) is 9.90 Å². The Morgan fingerprint density at radius 1 is 1.22 bits per heavy atom. The smallest absolute Gasteiger partial charge is 0.258 e. The number of carbonyl (C=O) groups is 1. The molecule has 2 heterocycles. The predicted molar refractivity (Wildman–Crippen MR) is 118 cm³/mol. The number of pyridine rings is 1. The molecule has 1 aromatic carbocycles. The molecule has 1 unspecified atom stereocenters. The van der Waals surface area contributed by atoms with E-state index in [1.54, 1.807) is 6.20 Å². The second kappa shape index (κ2) is 10.8. The van der Waals surface area contributed by atoms with E-state index >= 15 is 0 Å². The second-order valence-electron chi connectivity index (χ2n) is 7.37. The Balaban J connectivity index is 1.76. The highest BCUT2D eigenvalue weighted by molar-refractivity contribution is 5.76. The van der Waals surface area contributed by atoms with Crippen LogP contribution in [0.3, 0.4) is 0 Å². The molecule has 0 saturated heterocycles. The number of aliphatic hydroxyl groups is 2. The van der Waals surface area contributed by atoms with Crippen LogP contribution >= 0.6 is 0 Å². The first-order valence-corrected chi connectivity index (χ1v) is 10.6. The van der Waals surface area contributed by atoms with Crippen LogP contribution in [0, 0.1) is 6.92 Å². The normalized spacial score (nSPS) is 11.9. The van der Waals surface area contributed by atoms with Gasteiger partial charge in [0.1, 0.15) is 25.1 Å². The summed E-state index contributed by atoms with van der Waals surface area (Å²) in [5, 5.41) is 25.3. The topological polar surface area (TPSA) is 131 Å². The second-order valence-corrected chi connectivity index (χ2v) is 7.37. The van der Waals surface area contributed by atoms with Crippen LogP contribution in [0.5, 0.6) is 5.75 Å². The van der Waals surface area contributed by atoms with Crippen molar-refractivity contribution in [3.8, 4) is 28.6 Å². The molecule has 0 spiro atoms. The molecule has 170 valence electrons. The van der Waals surface area contributed by atoms with Gasteiger partial charge in [-0.2, -0.15) is 4.98 Å². The molecule has 0 saturated carbocycles. The van der Waals surface area contributed by atoms with Crippen molar-refractivity contribution in [3.63, 3.8) is 0 Å². The van der Waals surface area contributed by atoms with Gasteiger partial charge in [-0.1, -0.05) is 19.0 Å². The number of ether oxygens (including phenoxy) is 1. The molecule has 0 aliphatic carbocycles. The Morgan fingerprint density at radius 2 is 2.03 bits per heavy atom. The van der Waals surface area contributed by atoms with Crippen LogP contribution in [-0.2, 0) is 17.6 Å². The van der Waals surface area contributed by atoms with Crippen LogP contribution in [0.1, 0.15) is 30.7 Å². The van der Waals surface area contributed by atoms with Gasteiger partial charge >= 0.3 is 0 Å². The monoisotopic (exact) mass is 440 g/mol. The van der Waals surface area contributed by atoms with E-state index < -0.39 is 18.6 Å². The third-order valence-corrected chi connectivity index (χ3v) is 4.94. The summed E-state index contributed by atoms with van der Waals surface area (Å²) in [6, 6.07) is 7.63. The summed E-state index contributed by atoms with van der Waals surface area (Å²) >= 11 is 0. The number of aliphatic hydroxyl groups excluding tert-OH is 2. The van der Waals surface area contributed by atoms with Crippen molar-refractivity contribution >= 4 is 5.91 Å². The van der Waals surface area contributed by atoms with E-state index in [0.29, 0.717) is 23.9 Å². The van der Waals surface area contributed by atoms with Gasteiger partial charge in [-0.05, 0) is 55.2 Å². The highest BCUT2D eigenvalue weighted by atomic mass is 16.5. The molecule has 0 fully saturated rings. The Kier molecular flexibility index (Phi) is 7.91. The van der Waals surface area contributed by atoms with Crippen LogP contribution in [-0.4, -0.2) is 57.1 Å². The van der Waals surface area contributed by atoms with Crippen molar-refractivity contribution in [3.05, 3.63) is 47.3 Å². The lowest BCUT2D eigenvalue weighted by Crippen LogP contribution is -2.36. The van der Waals surface area contributed by atoms with Crippen LogP contribution in [0.4, 0.5) is 0 Å². The number of nitrogens with one attached hydrogen (secondary N) is 1. The zero-order chi connectivity index (χ0) is 23.1. The minimum absolute atomic E-state index is 0.00162. The quantitative estimate of drug-likeness (QED) is 0.437. The van der Waals surface area contributed by atoms with Gasteiger partial charge in [0.15, 0.2) is 0 Å². The Hall–Kier alpha value is -3.30. The van der Waals surface area contributed by atoms with E-state index in [1.807, 2.05) is 45.0 Å². The Labute approximate surface area is 186 Å². The number of aromatic nitrogens is 3. The minimum atomic E-state index is -0.901. The summed E-state index contributed by atoms with van der Waals surface area (Å²) in [5.41, 5.74) is 4.39. The number of benzene rings is 1. The number of carbonyl (C=O) groups excluding carboxylic acids is 1. The van der Waals surface area contributed by atoms with Crippen LogP contribution in [0.15, 0.2) is 35.0 Å². The largest absolute Gasteiger partial charge is 0.490 e. The first-order valence-electron chi connectivity index (χ1n) is 10.6. The molecule has 3 rings (SSSR count). The molecule has 1 amide bonds. The lowest BCUT2D eigenvalue weighted by molar-refractivity contribution is -0.124. The van der Waals surface area contributed by atoms with Crippen LogP contribution in [0.2, 0.25) is 0 Å². The molecule has 0 radical (unpaired) electrons. The molecule has 0 aliphatic heterocycles. The van der Waals surface area contributed by atoms with Crippen molar-refractivity contribution in [2.45, 2.75) is 39.7 Å². The highest BCUT2D eigenvalue weighted by Gasteiger charge is 2.16. The molecule has 32 heavy (non-hydrogen) atoms. The molecule has 9 nitrogen and oxygen atoms in total. The van der Waals surface area contributed by atoms with Crippen molar-refractivity contribution in [2.75, 3.05) is 19.8 Å². The molecular formula is C23H28N4O5. The van der Waals surface area contributed by atoms with Gasteiger partial charge in [-0.15, -0.1) is 0 Å². The van der Waals surface area contributed by atoms with Crippen molar-refractivity contribution < 1.29 is 24.3 Å². The molecule has 3 N–H and O–H groups in total. The molecule has 0 bridgehead atoms. The Bertz CT molecular complexity index is 1070. The molecule has 0 aliphatic rings. The minimum Gasteiger partial charge on any atom is -0.490 e. The van der Waals surface area contributed by atoms with Gasteiger partial charge in [0, 0.05) is 29.6 Å². The maximum absolute atomic E-state index is 11.1. The first kappa shape index (κ1) is 23.4. The molecule has 3 aromatic rings. The lowest BCUT2D eigenvalue weighted by Gasteiger charge is -2.17. The average molecular weight is 441 g/mol. The number of aryl methyl sites for hydroxylation is 3. The van der Waals surface area contributed by atoms with Crippen molar-refractivity contribution in [1.29, 1.82) is 0 Å². The van der Waals surface area contributed by atoms with Gasteiger partial charge in [0.2, 0.25) is 11.7 Å². The molecule has 9 heteroatoms. The summed E-state index contributed by atoms with van der Waals surface area (Å²) in [7, 11) is 0. The molecule has 2 aromatic heterocycles. The average Bonchev–Trinajstić information content (AvgIpc) is 3.31. The number of hydrogen-bond acceptors (Lipinski definition) is 8. The van der Waals surface area contributed by atoms with E-state index in [4.69, 9.17) is 14.4 Å². The van der Waals surface area contributed by atoms with Gasteiger partial charge < -0.3 is 24.8 Å². The van der Waals surface area contributed by atoms with E-state index in [1.165, 1.54) is 0 Å². The highest BCUT2D eigenvalue weighted by Crippen LogP contribution is 2.31.